The molecule has 0 radical (unpaired) electrons. The number of pyridine rings is 1. The van der Waals surface area contributed by atoms with E-state index in [1.165, 1.54) is 0 Å². The summed E-state index contributed by atoms with van der Waals surface area (Å²) in [4.78, 5) is 8.30. The molecule has 0 aliphatic carbocycles. The first-order chi connectivity index (χ1) is 11.6. The highest BCUT2D eigenvalue weighted by Gasteiger charge is 2.13. The molecule has 0 atom stereocenters. The molecule has 0 fully saturated rings. The predicted molar refractivity (Wildman–Crippen MR) is 104 cm³/mol. The van der Waals surface area contributed by atoms with Gasteiger partial charge < -0.3 is 9.64 Å². The van der Waals surface area contributed by atoms with E-state index in [-0.39, 0.29) is 0 Å². The molecule has 122 valence electrons. The second kappa shape index (κ2) is 6.84. The van der Waals surface area contributed by atoms with Gasteiger partial charge in [-0.15, -0.1) is 0 Å². The Labute approximate surface area is 147 Å². The minimum absolute atomic E-state index is 0.356. The molecular weight excluding hydrogens is 318 g/mol. The van der Waals surface area contributed by atoms with Crippen molar-refractivity contribution in [3.8, 4) is 5.75 Å². The van der Waals surface area contributed by atoms with E-state index >= 15 is 0 Å². The zero-order chi connectivity index (χ0) is 17.1. The van der Waals surface area contributed by atoms with Crippen LogP contribution in [0.5, 0.6) is 5.75 Å². The van der Waals surface area contributed by atoms with E-state index < -0.39 is 0 Å². The molecule has 1 aromatic heterocycles. The molecule has 0 spiro atoms. The second-order valence-electron chi connectivity index (χ2n) is 5.65. The lowest BCUT2D eigenvalue weighted by Gasteiger charge is -2.21. The van der Waals surface area contributed by atoms with Gasteiger partial charge in [0.15, 0.2) is 0 Å². The maximum absolute atomic E-state index is 5.95. The van der Waals surface area contributed by atoms with Crippen LogP contribution in [0.4, 0.5) is 11.6 Å². The third kappa shape index (κ3) is 3.31. The third-order valence-electron chi connectivity index (χ3n) is 3.74. The molecule has 0 bridgehead atoms. The van der Waals surface area contributed by atoms with Crippen LogP contribution in [-0.4, -0.2) is 31.3 Å². The largest absolute Gasteiger partial charge is 0.431 e. The lowest BCUT2D eigenvalue weighted by molar-refractivity contribution is 0.558. The zero-order valence-corrected chi connectivity index (χ0v) is 14.7. The maximum Gasteiger partial charge on any atom is 0.270 e. The first-order valence-corrected chi connectivity index (χ1v) is 8.05. The fourth-order valence-electron chi connectivity index (χ4n) is 2.39. The van der Waals surface area contributed by atoms with Crippen LogP contribution < -0.4 is 14.5 Å². The average molecular weight is 337 g/mol. The van der Waals surface area contributed by atoms with Crippen LogP contribution in [-0.2, 0) is 0 Å². The fraction of sp³-hybridized carbons (Fsp3) is 0.158. The Bertz CT molecular complexity index is 874. The molecule has 1 heterocycles. The van der Waals surface area contributed by atoms with Gasteiger partial charge in [-0.25, -0.2) is 4.98 Å². The topological polar surface area (TPSA) is 28.6 Å². The van der Waals surface area contributed by atoms with E-state index in [4.69, 9.17) is 17.0 Å². The van der Waals surface area contributed by atoms with Crippen molar-refractivity contribution in [2.24, 2.45) is 0 Å². The van der Waals surface area contributed by atoms with E-state index in [2.05, 4.69) is 17.1 Å². The van der Waals surface area contributed by atoms with E-state index in [1.54, 1.807) is 4.90 Å². The molecule has 24 heavy (non-hydrogen) atoms. The Balaban J connectivity index is 1.85. The summed E-state index contributed by atoms with van der Waals surface area (Å²) in [6.07, 6.45) is 0. The van der Waals surface area contributed by atoms with Gasteiger partial charge in [0, 0.05) is 26.5 Å². The highest BCUT2D eigenvalue weighted by molar-refractivity contribution is 7.80. The SMILES string of the molecule is CN(C)c1cccc(N(C)C(=S)Oc2cccc3ccccc23)n1. The fourth-order valence-corrected chi connectivity index (χ4v) is 2.57. The molecule has 0 aliphatic rings. The summed E-state index contributed by atoms with van der Waals surface area (Å²) in [5.74, 6) is 2.35. The third-order valence-corrected chi connectivity index (χ3v) is 4.10. The highest BCUT2D eigenvalue weighted by Crippen LogP contribution is 2.26. The lowest BCUT2D eigenvalue weighted by Crippen LogP contribution is -2.30. The van der Waals surface area contributed by atoms with Crippen molar-refractivity contribution in [3.63, 3.8) is 0 Å². The average Bonchev–Trinajstić information content (AvgIpc) is 2.61. The summed E-state index contributed by atoms with van der Waals surface area (Å²) in [5.41, 5.74) is 0. The normalized spacial score (nSPS) is 10.5. The Hall–Kier alpha value is -2.66. The molecule has 0 unspecified atom stereocenters. The number of hydrogen-bond acceptors (Lipinski definition) is 4. The minimum atomic E-state index is 0.356. The number of nitrogens with zero attached hydrogens (tertiary/aromatic N) is 3. The van der Waals surface area contributed by atoms with Crippen molar-refractivity contribution in [1.82, 2.24) is 4.98 Å². The Morgan fingerprint density at radius 1 is 0.875 bits per heavy atom. The molecule has 4 nitrogen and oxygen atoms in total. The monoisotopic (exact) mass is 337 g/mol. The van der Waals surface area contributed by atoms with Crippen LogP contribution in [0.2, 0.25) is 0 Å². The van der Waals surface area contributed by atoms with Crippen LogP contribution >= 0.6 is 12.2 Å². The molecule has 0 aliphatic heterocycles. The summed E-state index contributed by atoms with van der Waals surface area (Å²) in [6, 6.07) is 19.8. The number of ether oxygens (including phenoxy) is 1. The number of hydrogen-bond donors (Lipinski definition) is 0. The van der Waals surface area contributed by atoms with Gasteiger partial charge in [-0.2, -0.15) is 0 Å². The van der Waals surface area contributed by atoms with E-state index in [0.29, 0.717) is 5.17 Å². The number of thiocarbonyl (C=S) groups is 1. The molecule has 3 aromatic rings. The summed E-state index contributed by atoms with van der Waals surface area (Å²) >= 11 is 5.46. The molecule has 0 N–H and O–H groups in total. The van der Waals surface area contributed by atoms with Gasteiger partial charge in [0.2, 0.25) is 0 Å². The Kier molecular flexibility index (Phi) is 4.62. The molecule has 2 aromatic carbocycles. The van der Waals surface area contributed by atoms with E-state index in [9.17, 15) is 0 Å². The molecular formula is C19H19N3OS. The number of benzene rings is 2. The van der Waals surface area contributed by atoms with E-state index in [0.717, 1.165) is 28.2 Å². The highest BCUT2D eigenvalue weighted by atomic mass is 32.1. The van der Waals surface area contributed by atoms with Crippen LogP contribution in [0.3, 0.4) is 0 Å². The summed E-state index contributed by atoms with van der Waals surface area (Å²) in [5, 5.41) is 2.51. The van der Waals surface area contributed by atoms with Crippen LogP contribution in [0.1, 0.15) is 0 Å². The Morgan fingerprint density at radius 2 is 1.54 bits per heavy atom. The van der Waals surface area contributed by atoms with Gasteiger partial charge in [0.25, 0.3) is 5.17 Å². The maximum atomic E-state index is 5.95. The lowest BCUT2D eigenvalue weighted by atomic mass is 10.1. The van der Waals surface area contributed by atoms with Gasteiger partial charge in [-0.1, -0.05) is 42.5 Å². The van der Waals surface area contributed by atoms with Crippen molar-refractivity contribution in [2.75, 3.05) is 30.9 Å². The van der Waals surface area contributed by atoms with Crippen molar-refractivity contribution >= 4 is 39.8 Å². The van der Waals surface area contributed by atoms with Gasteiger partial charge in [0.05, 0.1) is 0 Å². The second-order valence-corrected chi connectivity index (χ2v) is 6.00. The Morgan fingerprint density at radius 3 is 2.33 bits per heavy atom. The van der Waals surface area contributed by atoms with Gasteiger partial charge in [-0.3, -0.25) is 4.90 Å². The van der Waals surface area contributed by atoms with Crippen molar-refractivity contribution < 1.29 is 4.74 Å². The van der Waals surface area contributed by atoms with Gasteiger partial charge >= 0.3 is 0 Å². The van der Waals surface area contributed by atoms with Gasteiger partial charge in [0.1, 0.15) is 17.4 Å². The zero-order valence-electron chi connectivity index (χ0n) is 13.9. The molecule has 5 heteroatoms. The quantitative estimate of drug-likeness (QED) is 0.671. The first kappa shape index (κ1) is 16.2. The first-order valence-electron chi connectivity index (χ1n) is 7.64. The molecule has 0 saturated heterocycles. The molecule has 3 rings (SSSR count). The summed E-state index contributed by atoms with van der Waals surface area (Å²) in [7, 11) is 5.77. The van der Waals surface area contributed by atoms with Crippen LogP contribution in [0, 0.1) is 0 Å². The van der Waals surface area contributed by atoms with Crippen molar-refractivity contribution in [3.05, 3.63) is 60.7 Å². The molecule has 0 saturated carbocycles. The number of fused-ring (bicyclic) bond motifs is 1. The van der Waals surface area contributed by atoms with Crippen molar-refractivity contribution in [1.29, 1.82) is 0 Å². The van der Waals surface area contributed by atoms with Crippen molar-refractivity contribution in [2.45, 2.75) is 0 Å². The smallest absolute Gasteiger partial charge is 0.270 e. The standard InChI is InChI=1S/C19H19N3OS/c1-21(2)17-12-7-13-18(20-17)22(3)19(24)23-16-11-6-9-14-8-4-5-10-15(14)16/h4-13H,1-3H3. The summed E-state index contributed by atoms with van der Waals surface area (Å²) in [6.45, 7) is 0. The van der Waals surface area contributed by atoms with Crippen LogP contribution in [0.15, 0.2) is 60.7 Å². The summed E-state index contributed by atoms with van der Waals surface area (Å²) < 4.78 is 5.95. The number of rotatable bonds is 3. The van der Waals surface area contributed by atoms with Gasteiger partial charge in [-0.05, 0) is 35.8 Å². The minimum Gasteiger partial charge on any atom is -0.431 e. The predicted octanol–water partition coefficient (Wildman–Crippen LogP) is 4.10. The molecule has 0 amide bonds. The van der Waals surface area contributed by atoms with Crippen LogP contribution in [0.25, 0.3) is 10.8 Å². The van der Waals surface area contributed by atoms with E-state index in [1.807, 2.05) is 74.6 Å². The number of anilines is 2. The number of aromatic nitrogens is 1.